The second-order valence-electron chi connectivity index (χ2n) is 4.73. The van der Waals surface area contributed by atoms with Crippen LogP contribution in [0.15, 0.2) is 12.1 Å². The van der Waals surface area contributed by atoms with E-state index in [1.807, 2.05) is 13.0 Å². The van der Waals surface area contributed by atoms with Crippen LogP contribution >= 0.6 is 0 Å². The maximum atomic E-state index is 5.21. The van der Waals surface area contributed by atoms with Gasteiger partial charge in [0.15, 0.2) is 0 Å². The summed E-state index contributed by atoms with van der Waals surface area (Å²) in [4.78, 5) is 4.31. The fourth-order valence-electron chi connectivity index (χ4n) is 2.25. The van der Waals surface area contributed by atoms with E-state index in [9.17, 15) is 0 Å². The Bertz CT molecular complexity index is 357. The Morgan fingerprint density at radius 2 is 2.19 bits per heavy atom. The number of aryl methyl sites for hydroxylation is 1. The average molecular weight is 220 g/mol. The molecule has 0 radical (unpaired) electrons. The molecule has 16 heavy (non-hydrogen) atoms. The van der Waals surface area contributed by atoms with Gasteiger partial charge in [0.05, 0.1) is 7.11 Å². The second-order valence-corrected chi connectivity index (χ2v) is 4.73. The molecule has 0 aromatic carbocycles. The third-order valence-corrected chi connectivity index (χ3v) is 3.22. The summed E-state index contributed by atoms with van der Waals surface area (Å²) in [7, 11) is 1.67. The van der Waals surface area contributed by atoms with E-state index in [4.69, 9.17) is 4.74 Å². The Hall–Kier alpha value is -1.09. The summed E-state index contributed by atoms with van der Waals surface area (Å²) in [6.45, 7) is 5.41. The Morgan fingerprint density at radius 1 is 1.38 bits per heavy atom. The first-order valence-electron chi connectivity index (χ1n) is 5.95. The highest BCUT2D eigenvalue weighted by Crippen LogP contribution is 2.27. The minimum absolute atomic E-state index is 0.465. The molecule has 1 fully saturated rings. The van der Waals surface area contributed by atoms with Crippen molar-refractivity contribution in [1.29, 1.82) is 0 Å². The molecule has 1 aromatic rings. The van der Waals surface area contributed by atoms with Crippen molar-refractivity contribution in [3.05, 3.63) is 23.4 Å². The van der Waals surface area contributed by atoms with E-state index in [1.165, 1.54) is 18.4 Å². The van der Waals surface area contributed by atoms with Crippen molar-refractivity contribution in [2.24, 2.45) is 5.92 Å². The van der Waals surface area contributed by atoms with Gasteiger partial charge in [-0.25, -0.2) is 4.98 Å². The molecule has 2 heterocycles. The van der Waals surface area contributed by atoms with Crippen LogP contribution in [0, 0.1) is 12.8 Å². The van der Waals surface area contributed by atoms with Crippen molar-refractivity contribution >= 4 is 0 Å². The quantitative estimate of drug-likeness (QED) is 0.831. The lowest BCUT2D eigenvalue weighted by atomic mass is 9.92. The van der Waals surface area contributed by atoms with Gasteiger partial charge in [-0.3, -0.25) is 0 Å². The lowest BCUT2D eigenvalue weighted by Gasteiger charge is -2.28. The van der Waals surface area contributed by atoms with Crippen LogP contribution in [0.25, 0.3) is 0 Å². The normalized spacial score (nSPS) is 25.4. The van der Waals surface area contributed by atoms with Crippen LogP contribution in [-0.2, 0) is 0 Å². The SMILES string of the molecule is COc1cc([C@H]2CC[C@H](C)CN2)cc(C)n1. The number of rotatable bonds is 2. The number of aromatic nitrogens is 1. The topological polar surface area (TPSA) is 34.1 Å². The lowest BCUT2D eigenvalue weighted by Crippen LogP contribution is -2.31. The third kappa shape index (κ3) is 2.53. The fraction of sp³-hybridized carbons (Fsp3) is 0.615. The number of hydrogen-bond donors (Lipinski definition) is 1. The Morgan fingerprint density at radius 3 is 2.81 bits per heavy atom. The van der Waals surface area contributed by atoms with Crippen LogP contribution in [0.3, 0.4) is 0 Å². The predicted octanol–water partition coefficient (Wildman–Crippen LogP) is 2.46. The Balaban J connectivity index is 2.16. The summed E-state index contributed by atoms with van der Waals surface area (Å²) in [5, 5.41) is 3.58. The molecule has 1 aliphatic rings. The number of pyridine rings is 1. The predicted molar refractivity (Wildman–Crippen MR) is 64.7 cm³/mol. The van der Waals surface area contributed by atoms with E-state index < -0.39 is 0 Å². The summed E-state index contributed by atoms with van der Waals surface area (Å²) >= 11 is 0. The molecule has 1 N–H and O–H groups in total. The number of piperidine rings is 1. The molecule has 88 valence electrons. The van der Waals surface area contributed by atoms with E-state index in [2.05, 4.69) is 23.3 Å². The van der Waals surface area contributed by atoms with Crippen LogP contribution in [-0.4, -0.2) is 18.6 Å². The number of nitrogens with one attached hydrogen (secondary N) is 1. The van der Waals surface area contributed by atoms with Crippen LogP contribution in [0.5, 0.6) is 5.88 Å². The molecule has 2 rings (SSSR count). The number of hydrogen-bond acceptors (Lipinski definition) is 3. The van der Waals surface area contributed by atoms with Gasteiger partial charge in [-0.1, -0.05) is 6.92 Å². The van der Waals surface area contributed by atoms with Gasteiger partial charge in [-0.2, -0.15) is 0 Å². The van der Waals surface area contributed by atoms with Gasteiger partial charge in [-0.05, 0) is 43.9 Å². The molecule has 1 aliphatic heterocycles. The molecule has 3 heteroatoms. The van der Waals surface area contributed by atoms with Crippen molar-refractivity contribution in [2.45, 2.75) is 32.7 Å². The summed E-state index contributed by atoms with van der Waals surface area (Å²) < 4.78 is 5.21. The molecule has 0 bridgehead atoms. The average Bonchev–Trinajstić information content (AvgIpc) is 2.29. The molecule has 1 saturated heterocycles. The molecule has 0 spiro atoms. The first kappa shape index (κ1) is 11.4. The summed E-state index contributed by atoms with van der Waals surface area (Å²) in [5.41, 5.74) is 2.33. The molecular formula is C13H20N2O. The Kier molecular flexibility index (Phi) is 3.44. The zero-order chi connectivity index (χ0) is 11.5. The number of ether oxygens (including phenoxy) is 1. The third-order valence-electron chi connectivity index (χ3n) is 3.22. The molecule has 1 aromatic heterocycles. The lowest BCUT2D eigenvalue weighted by molar-refractivity contribution is 0.331. The molecular weight excluding hydrogens is 200 g/mol. The van der Waals surface area contributed by atoms with E-state index in [0.29, 0.717) is 6.04 Å². The van der Waals surface area contributed by atoms with Gasteiger partial charge >= 0.3 is 0 Å². The maximum Gasteiger partial charge on any atom is 0.213 e. The van der Waals surface area contributed by atoms with Crippen LogP contribution in [0.4, 0.5) is 0 Å². The molecule has 0 unspecified atom stereocenters. The van der Waals surface area contributed by atoms with Gasteiger partial charge in [0, 0.05) is 17.8 Å². The van der Waals surface area contributed by atoms with Gasteiger partial charge < -0.3 is 10.1 Å². The van der Waals surface area contributed by atoms with E-state index in [1.54, 1.807) is 7.11 Å². The van der Waals surface area contributed by atoms with Crippen LogP contribution in [0.1, 0.15) is 37.1 Å². The van der Waals surface area contributed by atoms with Crippen molar-refractivity contribution in [3.63, 3.8) is 0 Å². The van der Waals surface area contributed by atoms with Gasteiger partial charge in [-0.15, -0.1) is 0 Å². The van der Waals surface area contributed by atoms with Gasteiger partial charge in [0.25, 0.3) is 0 Å². The van der Waals surface area contributed by atoms with Crippen molar-refractivity contribution in [2.75, 3.05) is 13.7 Å². The van der Waals surface area contributed by atoms with Gasteiger partial charge in [0.1, 0.15) is 0 Å². The highest BCUT2D eigenvalue weighted by Gasteiger charge is 2.19. The summed E-state index contributed by atoms with van der Waals surface area (Å²) in [6.07, 6.45) is 2.50. The standard InChI is InChI=1S/C13H20N2O/c1-9-4-5-12(14-8-9)11-6-10(2)15-13(7-11)16-3/h6-7,9,12,14H,4-5,8H2,1-3H3/t9-,12+/m0/s1. The van der Waals surface area contributed by atoms with Crippen LogP contribution in [0.2, 0.25) is 0 Å². The first-order chi connectivity index (χ1) is 7.69. The summed E-state index contributed by atoms with van der Waals surface area (Å²) in [6, 6.07) is 4.66. The van der Waals surface area contributed by atoms with Crippen molar-refractivity contribution in [3.8, 4) is 5.88 Å². The highest BCUT2D eigenvalue weighted by atomic mass is 16.5. The van der Waals surface area contributed by atoms with E-state index in [0.717, 1.165) is 24.0 Å². The van der Waals surface area contributed by atoms with Gasteiger partial charge in [0.2, 0.25) is 5.88 Å². The van der Waals surface area contributed by atoms with Crippen molar-refractivity contribution in [1.82, 2.24) is 10.3 Å². The summed E-state index contributed by atoms with van der Waals surface area (Å²) in [5.74, 6) is 1.51. The fourth-order valence-corrected chi connectivity index (χ4v) is 2.25. The zero-order valence-corrected chi connectivity index (χ0v) is 10.3. The minimum Gasteiger partial charge on any atom is -0.481 e. The molecule has 0 aliphatic carbocycles. The Labute approximate surface area is 97.2 Å². The molecule has 0 amide bonds. The highest BCUT2D eigenvalue weighted by molar-refractivity contribution is 5.27. The first-order valence-corrected chi connectivity index (χ1v) is 5.95. The van der Waals surface area contributed by atoms with Crippen LogP contribution < -0.4 is 10.1 Å². The zero-order valence-electron chi connectivity index (χ0n) is 10.3. The van der Waals surface area contributed by atoms with E-state index in [-0.39, 0.29) is 0 Å². The molecule has 0 saturated carbocycles. The monoisotopic (exact) mass is 220 g/mol. The molecule has 3 nitrogen and oxygen atoms in total. The van der Waals surface area contributed by atoms with Crippen molar-refractivity contribution < 1.29 is 4.74 Å². The van der Waals surface area contributed by atoms with E-state index >= 15 is 0 Å². The number of methoxy groups -OCH3 is 1. The number of nitrogens with zero attached hydrogens (tertiary/aromatic N) is 1. The minimum atomic E-state index is 0.465. The maximum absolute atomic E-state index is 5.21. The molecule has 2 atom stereocenters. The smallest absolute Gasteiger partial charge is 0.213 e. The largest absolute Gasteiger partial charge is 0.481 e. The second kappa shape index (κ2) is 4.83.